The van der Waals surface area contributed by atoms with Crippen molar-refractivity contribution < 1.29 is 4.74 Å². The summed E-state index contributed by atoms with van der Waals surface area (Å²) in [6.07, 6.45) is 3.77. The molecule has 1 fully saturated rings. The van der Waals surface area contributed by atoms with Gasteiger partial charge in [0.1, 0.15) is 5.75 Å². The molecule has 4 rings (SSSR count). The SMILES string of the molecule is COc1ccccc1C(c1ccc2cnccc2c1)N1CCNCC1. The predicted octanol–water partition coefficient (Wildman–Crippen LogP) is 3.24. The zero-order chi connectivity index (χ0) is 17.1. The number of ether oxygens (including phenoxy) is 1. The van der Waals surface area contributed by atoms with Crippen molar-refractivity contribution in [1.82, 2.24) is 15.2 Å². The van der Waals surface area contributed by atoms with E-state index in [0.717, 1.165) is 31.9 Å². The minimum absolute atomic E-state index is 0.191. The number of nitrogens with zero attached hydrogens (tertiary/aromatic N) is 2. The molecule has 1 aliphatic rings. The topological polar surface area (TPSA) is 37.4 Å². The summed E-state index contributed by atoms with van der Waals surface area (Å²) in [6.45, 7) is 4.08. The monoisotopic (exact) mass is 333 g/mol. The summed E-state index contributed by atoms with van der Waals surface area (Å²) in [5.74, 6) is 0.945. The summed E-state index contributed by atoms with van der Waals surface area (Å²) in [4.78, 5) is 6.76. The Kier molecular flexibility index (Phi) is 4.63. The molecule has 1 N–H and O–H groups in total. The van der Waals surface area contributed by atoms with Crippen LogP contribution in [0.1, 0.15) is 17.2 Å². The Balaban J connectivity index is 1.83. The molecule has 1 saturated heterocycles. The second-order valence-electron chi connectivity index (χ2n) is 6.41. The normalized spacial score (nSPS) is 16.7. The summed E-state index contributed by atoms with van der Waals surface area (Å²) in [6, 6.07) is 17.3. The zero-order valence-corrected chi connectivity index (χ0v) is 14.5. The van der Waals surface area contributed by atoms with Gasteiger partial charge < -0.3 is 10.1 Å². The molecule has 0 radical (unpaired) electrons. The minimum atomic E-state index is 0.191. The number of fused-ring (bicyclic) bond motifs is 1. The fourth-order valence-electron chi connectivity index (χ4n) is 3.69. The van der Waals surface area contributed by atoms with Crippen molar-refractivity contribution in [2.75, 3.05) is 33.3 Å². The van der Waals surface area contributed by atoms with E-state index >= 15 is 0 Å². The van der Waals surface area contributed by atoms with E-state index in [1.165, 1.54) is 21.9 Å². The highest BCUT2D eigenvalue weighted by Crippen LogP contribution is 2.35. The van der Waals surface area contributed by atoms with Gasteiger partial charge >= 0.3 is 0 Å². The first-order valence-electron chi connectivity index (χ1n) is 8.78. The molecule has 1 aromatic heterocycles. The molecule has 0 spiro atoms. The number of hydrogen-bond donors (Lipinski definition) is 1. The molecule has 0 amide bonds. The third-order valence-electron chi connectivity index (χ3n) is 4.93. The van der Waals surface area contributed by atoms with Crippen molar-refractivity contribution >= 4 is 10.8 Å². The van der Waals surface area contributed by atoms with Gasteiger partial charge in [-0.1, -0.05) is 30.3 Å². The van der Waals surface area contributed by atoms with Gasteiger partial charge in [-0.2, -0.15) is 0 Å². The van der Waals surface area contributed by atoms with E-state index in [9.17, 15) is 0 Å². The van der Waals surface area contributed by atoms with Crippen LogP contribution in [0.2, 0.25) is 0 Å². The van der Waals surface area contributed by atoms with E-state index in [1.807, 2.05) is 18.5 Å². The summed E-state index contributed by atoms with van der Waals surface area (Å²) >= 11 is 0. The Morgan fingerprint density at radius 2 is 1.88 bits per heavy atom. The van der Waals surface area contributed by atoms with Crippen LogP contribution >= 0.6 is 0 Å². The second-order valence-corrected chi connectivity index (χ2v) is 6.41. The fourth-order valence-corrected chi connectivity index (χ4v) is 3.69. The largest absolute Gasteiger partial charge is 0.496 e. The highest BCUT2D eigenvalue weighted by molar-refractivity contribution is 5.82. The van der Waals surface area contributed by atoms with Crippen molar-refractivity contribution in [3.05, 3.63) is 72.1 Å². The summed E-state index contributed by atoms with van der Waals surface area (Å²) in [7, 11) is 1.75. The van der Waals surface area contributed by atoms with Gasteiger partial charge in [0.05, 0.1) is 13.2 Å². The van der Waals surface area contributed by atoms with Crippen LogP contribution in [0.5, 0.6) is 5.75 Å². The Morgan fingerprint density at radius 1 is 1.04 bits per heavy atom. The van der Waals surface area contributed by atoms with E-state index in [-0.39, 0.29) is 6.04 Å². The molecule has 0 saturated carbocycles. The molecular weight excluding hydrogens is 310 g/mol. The lowest BCUT2D eigenvalue weighted by molar-refractivity contribution is 0.195. The van der Waals surface area contributed by atoms with Crippen LogP contribution < -0.4 is 10.1 Å². The first-order chi connectivity index (χ1) is 12.4. The van der Waals surface area contributed by atoms with Gasteiger partial charge in [-0.3, -0.25) is 9.88 Å². The van der Waals surface area contributed by atoms with Crippen LogP contribution in [0.3, 0.4) is 0 Å². The molecule has 4 nitrogen and oxygen atoms in total. The third kappa shape index (κ3) is 3.23. The maximum Gasteiger partial charge on any atom is 0.123 e. The molecule has 25 heavy (non-hydrogen) atoms. The molecule has 1 atom stereocenters. The Bertz CT molecular complexity index is 858. The molecule has 0 bridgehead atoms. The summed E-state index contributed by atoms with van der Waals surface area (Å²) in [5.41, 5.74) is 2.52. The van der Waals surface area contributed by atoms with Crippen molar-refractivity contribution in [3.63, 3.8) is 0 Å². The predicted molar refractivity (Wildman–Crippen MR) is 101 cm³/mol. The zero-order valence-electron chi connectivity index (χ0n) is 14.5. The van der Waals surface area contributed by atoms with Crippen molar-refractivity contribution in [1.29, 1.82) is 0 Å². The molecule has 1 unspecified atom stereocenters. The number of pyridine rings is 1. The van der Waals surface area contributed by atoms with E-state index in [1.54, 1.807) is 7.11 Å². The van der Waals surface area contributed by atoms with Crippen LogP contribution in [0.4, 0.5) is 0 Å². The fraction of sp³-hybridized carbons (Fsp3) is 0.286. The average molecular weight is 333 g/mol. The van der Waals surface area contributed by atoms with Gasteiger partial charge in [-0.15, -0.1) is 0 Å². The molecule has 0 aliphatic carbocycles. The Morgan fingerprint density at radius 3 is 2.72 bits per heavy atom. The maximum atomic E-state index is 5.67. The first-order valence-corrected chi connectivity index (χ1v) is 8.78. The van der Waals surface area contributed by atoms with Gasteiger partial charge in [0.25, 0.3) is 0 Å². The molecule has 2 heterocycles. The third-order valence-corrected chi connectivity index (χ3v) is 4.93. The number of benzene rings is 2. The van der Waals surface area contributed by atoms with Gasteiger partial charge in [-0.05, 0) is 29.1 Å². The molecule has 3 aromatic rings. The van der Waals surface area contributed by atoms with Crippen LogP contribution in [-0.4, -0.2) is 43.2 Å². The van der Waals surface area contributed by atoms with Gasteiger partial charge in [0.2, 0.25) is 0 Å². The summed E-state index contributed by atoms with van der Waals surface area (Å²) in [5, 5.41) is 5.85. The number of para-hydroxylation sites is 1. The lowest BCUT2D eigenvalue weighted by Gasteiger charge is -2.36. The summed E-state index contributed by atoms with van der Waals surface area (Å²) < 4.78 is 5.67. The van der Waals surface area contributed by atoms with Crippen LogP contribution in [-0.2, 0) is 0 Å². The maximum absolute atomic E-state index is 5.67. The number of nitrogens with one attached hydrogen (secondary N) is 1. The van der Waals surface area contributed by atoms with Gasteiger partial charge in [0, 0.05) is 49.5 Å². The number of hydrogen-bond acceptors (Lipinski definition) is 4. The second kappa shape index (κ2) is 7.21. The van der Waals surface area contributed by atoms with Crippen LogP contribution in [0.15, 0.2) is 60.9 Å². The minimum Gasteiger partial charge on any atom is -0.496 e. The van der Waals surface area contributed by atoms with Crippen LogP contribution in [0.25, 0.3) is 10.8 Å². The van der Waals surface area contributed by atoms with Crippen molar-refractivity contribution in [2.45, 2.75) is 6.04 Å². The van der Waals surface area contributed by atoms with E-state index < -0.39 is 0 Å². The highest BCUT2D eigenvalue weighted by Gasteiger charge is 2.26. The smallest absolute Gasteiger partial charge is 0.123 e. The molecular formula is C21H23N3O. The van der Waals surface area contributed by atoms with Crippen LogP contribution in [0, 0.1) is 0 Å². The lowest BCUT2D eigenvalue weighted by Crippen LogP contribution is -2.45. The van der Waals surface area contributed by atoms with E-state index in [0.29, 0.717) is 0 Å². The first kappa shape index (κ1) is 16.1. The number of methoxy groups -OCH3 is 1. The Hall–Kier alpha value is -2.43. The standard InChI is InChI=1S/C21H23N3O/c1-25-20-5-3-2-4-19(20)21(24-12-10-22-11-13-24)17-6-7-18-15-23-9-8-16(18)14-17/h2-9,14-15,21-22H,10-13H2,1H3. The van der Waals surface area contributed by atoms with Gasteiger partial charge in [-0.25, -0.2) is 0 Å². The Labute approximate surface area is 148 Å². The quantitative estimate of drug-likeness (QED) is 0.795. The molecule has 2 aromatic carbocycles. The molecule has 1 aliphatic heterocycles. The molecule has 4 heteroatoms. The number of rotatable bonds is 4. The number of aromatic nitrogens is 1. The highest BCUT2D eigenvalue weighted by atomic mass is 16.5. The van der Waals surface area contributed by atoms with E-state index in [4.69, 9.17) is 4.74 Å². The van der Waals surface area contributed by atoms with E-state index in [2.05, 4.69) is 57.7 Å². The van der Waals surface area contributed by atoms with Gasteiger partial charge in [0.15, 0.2) is 0 Å². The number of piperazine rings is 1. The lowest BCUT2D eigenvalue weighted by atomic mass is 9.94. The van der Waals surface area contributed by atoms with Crippen molar-refractivity contribution in [2.24, 2.45) is 0 Å². The van der Waals surface area contributed by atoms with Crippen molar-refractivity contribution in [3.8, 4) is 5.75 Å². The average Bonchev–Trinajstić information content (AvgIpc) is 2.69. The molecule has 128 valence electrons.